The largest absolute Gasteiger partial charge is 0.356 e. The van der Waals surface area contributed by atoms with Gasteiger partial charge in [-0.05, 0) is 37.0 Å². The Hall–Kier alpha value is -1.07. The van der Waals surface area contributed by atoms with Gasteiger partial charge in [0, 0.05) is 23.1 Å². The van der Waals surface area contributed by atoms with Gasteiger partial charge in [-0.1, -0.05) is 31.4 Å². The maximum Gasteiger partial charge on any atom is 0.261 e. The van der Waals surface area contributed by atoms with E-state index in [1.54, 1.807) is 12.1 Å². The summed E-state index contributed by atoms with van der Waals surface area (Å²) < 4.78 is 22.3. The van der Waals surface area contributed by atoms with E-state index in [1.807, 2.05) is 0 Å². The van der Waals surface area contributed by atoms with Crippen molar-refractivity contribution in [3.63, 3.8) is 0 Å². The number of nitrogens with one attached hydrogen (secondary N) is 1. The Kier molecular flexibility index (Phi) is 5.65. The molecule has 1 fully saturated rings. The molecular formula is C15H20ClNO3S. The minimum Gasteiger partial charge on any atom is -0.356 e. The van der Waals surface area contributed by atoms with E-state index < -0.39 is 9.05 Å². The number of carbonyl (C=O) groups is 1. The molecule has 0 atom stereocenters. The average molecular weight is 330 g/mol. The molecule has 1 N–H and O–H groups in total. The molecule has 0 bridgehead atoms. The Balaban J connectivity index is 1.79. The van der Waals surface area contributed by atoms with Crippen LogP contribution in [0, 0.1) is 5.92 Å². The zero-order valence-corrected chi connectivity index (χ0v) is 13.4. The van der Waals surface area contributed by atoms with Crippen molar-refractivity contribution in [3.05, 3.63) is 29.8 Å². The summed E-state index contributed by atoms with van der Waals surface area (Å²) >= 11 is 0. The molecule has 1 amide bonds. The Labute approximate surface area is 130 Å². The molecule has 0 aliphatic heterocycles. The highest BCUT2D eigenvalue weighted by atomic mass is 35.7. The molecule has 0 spiro atoms. The second kappa shape index (κ2) is 7.27. The van der Waals surface area contributed by atoms with E-state index in [-0.39, 0.29) is 16.7 Å². The number of amides is 1. The molecule has 0 aromatic heterocycles. The van der Waals surface area contributed by atoms with Gasteiger partial charge in [0.1, 0.15) is 0 Å². The Morgan fingerprint density at radius 1 is 1.14 bits per heavy atom. The highest BCUT2D eigenvalue weighted by Gasteiger charge is 2.20. The van der Waals surface area contributed by atoms with Crippen molar-refractivity contribution in [2.75, 3.05) is 6.54 Å². The van der Waals surface area contributed by atoms with E-state index in [1.165, 1.54) is 18.6 Å². The summed E-state index contributed by atoms with van der Waals surface area (Å²) in [6, 6.07) is 6.42. The minimum absolute atomic E-state index is 0.0964. The lowest BCUT2D eigenvalue weighted by atomic mass is 9.88. The fourth-order valence-electron chi connectivity index (χ4n) is 2.66. The van der Waals surface area contributed by atoms with E-state index in [9.17, 15) is 13.2 Å². The lowest BCUT2D eigenvalue weighted by Crippen LogP contribution is -2.33. The van der Waals surface area contributed by atoms with Gasteiger partial charge in [-0.3, -0.25) is 4.79 Å². The second-order valence-electron chi connectivity index (χ2n) is 5.46. The van der Waals surface area contributed by atoms with E-state index in [0.717, 1.165) is 31.2 Å². The molecule has 0 radical (unpaired) electrons. The first-order valence-corrected chi connectivity index (χ1v) is 9.59. The van der Waals surface area contributed by atoms with Gasteiger partial charge in [-0.15, -0.1) is 0 Å². The molecule has 0 unspecified atom stereocenters. The number of carbonyl (C=O) groups excluding carboxylic acids is 1. The summed E-state index contributed by atoms with van der Waals surface area (Å²) in [7, 11) is 1.59. The van der Waals surface area contributed by atoms with Gasteiger partial charge in [0.15, 0.2) is 0 Å². The van der Waals surface area contributed by atoms with Crippen molar-refractivity contribution in [1.29, 1.82) is 0 Å². The molecule has 116 valence electrons. The molecule has 0 heterocycles. The van der Waals surface area contributed by atoms with Crippen molar-refractivity contribution in [2.24, 2.45) is 5.92 Å². The standard InChI is InChI=1S/C15H20ClNO3S/c16-21(19,20)14-8-6-12(7-9-14)10-11-17-15(18)13-4-2-1-3-5-13/h6-9,13H,1-5,10-11H2,(H,17,18). The summed E-state index contributed by atoms with van der Waals surface area (Å²) in [4.78, 5) is 12.1. The van der Waals surface area contributed by atoms with Crippen molar-refractivity contribution in [3.8, 4) is 0 Å². The van der Waals surface area contributed by atoms with Crippen molar-refractivity contribution >= 4 is 25.6 Å². The predicted octanol–water partition coefficient (Wildman–Crippen LogP) is 2.85. The zero-order valence-electron chi connectivity index (χ0n) is 11.8. The molecule has 1 aliphatic carbocycles. The number of halogens is 1. The number of hydrogen-bond acceptors (Lipinski definition) is 3. The molecule has 1 aromatic rings. The van der Waals surface area contributed by atoms with Crippen LogP contribution in [0.1, 0.15) is 37.7 Å². The van der Waals surface area contributed by atoms with Gasteiger partial charge in [0.25, 0.3) is 9.05 Å². The first kappa shape index (κ1) is 16.3. The van der Waals surface area contributed by atoms with Crippen LogP contribution in [0.4, 0.5) is 0 Å². The van der Waals surface area contributed by atoms with E-state index >= 15 is 0 Å². The van der Waals surface area contributed by atoms with Crippen LogP contribution in [0.3, 0.4) is 0 Å². The lowest BCUT2D eigenvalue weighted by Gasteiger charge is -2.20. The van der Waals surface area contributed by atoms with Crippen LogP contribution in [0.15, 0.2) is 29.2 Å². The molecule has 0 saturated heterocycles. The molecular weight excluding hydrogens is 310 g/mol. The quantitative estimate of drug-likeness (QED) is 0.845. The van der Waals surface area contributed by atoms with Crippen LogP contribution < -0.4 is 5.32 Å². The van der Waals surface area contributed by atoms with Crippen LogP contribution in [-0.4, -0.2) is 20.9 Å². The monoisotopic (exact) mass is 329 g/mol. The minimum atomic E-state index is -3.67. The zero-order chi connectivity index (χ0) is 15.3. The third kappa shape index (κ3) is 5.00. The predicted molar refractivity (Wildman–Crippen MR) is 82.8 cm³/mol. The third-order valence-corrected chi connectivity index (χ3v) is 5.26. The van der Waals surface area contributed by atoms with Crippen LogP contribution in [-0.2, 0) is 20.3 Å². The van der Waals surface area contributed by atoms with Crippen molar-refractivity contribution in [2.45, 2.75) is 43.4 Å². The molecule has 1 saturated carbocycles. The highest BCUT2D eigenvalue weighted by Crippen LogP contribution is 2.23. The van der Waals surface area contributed by atoms with Gasteiger partial charge in [-0.25, -0.2) is 8.42 Å². The molecule has 6 heteroatoms. The first-order chi connectivity index (χ1) is 9.97. The number of hydrogen-bond donors (Lipinski definition) is 1. The fourth-order valence-corrected chi connectivity index (χ4v) is 3.43. The molecule has 1 aromatic carbocycles. The van der Waals surface area contributed by atoms with Crippen LogP contribution in [0.25, 0.3) is 0 Å². The van der Waals surface area contributed by atoms with E-state index in [0.29, 0.717) is 13.0 Å². The Bertz CT molecular complexity index is 577. The van der Waals surface area contributed by atoms with Gasteiger partial charge < -0.3 is 5.32 Å². The highest BCUT2D eigenvalue weighted by molar-refractivity contribution is 8.13. The van der Waals surface area contributed by atoms with Crippen LogP contribution >= 0.6 is 10.7 Å². The van der Waals surface area contributed by atoms with Gasteiger partial charge >= 0.3 is 0 Å². The van der Waals surface area contributed by atoms with E-state index in [2.05, 4.69) is 5.32 Å². The molecule has 2 rings (SSSR count). The SMILES string of the molecule is O=C(NCCc1ccc(S(=O)(=O)Cl)cc1)C1CCCCC1. The summed E-state index contributed by atoms with van der Waals surface area (Å²) in [6.07, 6.45) is 6.20. The summed E-state index contributed by atoms with van der Waals surface area (Å²) in [6.45, 7) is 0.572. The van der Waals surface area contributed by atoms with E-state index in [4.69, 9.17) is 10.7 Å². The topological polar surface area (TPSA) is 63.2 Å². The summed E-state index contributed by atoms with van der Waals surface area (Å²) in [5.74, 6) is 0.317. The average Bonchev–Trinajstić information content (AvgIpc) is 2.47. The van der Waals surface area contributed by atoms with Crippen molar-refractivity contribution in [1.82, 2.24) is 5.32 Å². The van der Waals surface area contributed by atoms with Gasteiger partial charge in [0.05, 0.1) is 4.90 Å². The maximum absolute atomic E-state index is 12.0. The molecule has 4 nitrogen and oxygen atoms in total. The first-order valence-electron chi connectivity index (χ1n) is 7.28. The van der Waals surface area contributed by atoms with Crippen LogP contribution in [0.5, 0.6) is 0 Å². The number of benzene rings is 1. The van der Waals surface area contributed by atoms with Gasteiger partial charge in [-0.2, -0.15) is 0 Å². The smallest absolute Gasteiger partial charge is 0.261 e. The number of rotatable bonds is 5. The lowest BCUT2D eigenvalue weighted by molar-refractivity contribution is -0.125. The maximum atomic E-state index is 12.0. The Morgan fingerprint density at radius 3 is 2.33 bits per heavy atom. The summed E-state index contributed by atoms with van der Waals surface area (Å²) in [5, 5.41) is 2.96. The summed E-state index contributed by atoms with van der Waals surface area (Å²) in [5.41, 5.74) is 0.975. The van der Waals surface area contributed by atoms with Gasteiger partial charge in [0.2, 0.25) is 5.91 Å². The fraction of sp³-hybridized carbons (Fsp3) is 0.533. The Morgan fingerprint density at radius 2 is 1.76 bits per heavy atom. The van der Waals surface area contributed by atoms with Crippen LogP contribution in [0.2, 0.25) is 0 Å². The van der Waals surface area contributed by atoms with Crippen molar-refractivity contribution < 1.29 is 13.2 Å². The molecule has 21 heavy (non-hydrogen) atoms. The normalized spacial score (nSPS) is 16.6. The third-order valence-electron chi connectivity index (χ3n) is 3.89. The molecule has 1 aliphatic rings. The second-order valence-corrected chi connectivity index (χ2v) is 8.02.